The van der Waals surface area contributed by atoms with Crippen LogP contribution in [0.2, 0.25) is 0 Å². The molecule has 0 heterocycles. The lowest BCUT2D eigenvalue weighted by molar-refractivity contribution is -0.152. The molecule has 0 radical (unpaired) electrons. The van der Waals surface area contributed by atoms with E-state index in [1.54, 1.807) is 0 Å². The summed E-state index contributed by atoms with van der Waals surface area (Å²) in [5, 5.41) is 24.1. The summed E-state index contributed by atoms with van der Waals surface area (Å²) in [5.41, 5.74) is 0. The lowest BCUT2D eigenvalue weighted by atomic mass is 10.3. The van der Waals surface area contributed by atoms with Crippen LogP contribution in [-0.4, -0.2) is 38.8 Å². The highest BCUT2D eigenvalue weighted by Crippen LogP contribution is 1.89. The van der Waals surface area contributed by atoms with Gasteiger partial charge in [0.25, 0.3) is 0 Å². The molecule has 0 aromatic rings. The van der Waals surface area contributed by atoms with E-state index in [2.05, 4.69) is 0 Å². The van der Waals surface area contributed by atoms with E-state index in [1.807, 2.05) is 0 Å². The molecule has 0 bridgehead atoms. The average molecular weight is 152 g/mol. The fourth-order valence-corrected chi connectivity index (χ4v) is 0.253. The van der Waals surface area contributed by atoms with E-state index in [9.17, 15) is 9.59 Å². The predicted octanol–water partition coefficient (Wildman–Crippen LogP) is -1.92. The molecule has 6 nitrogen and oxygen atoms in total. The van der Waals surface area contributed by atoms with Gasteiger partial charge in [-0.1, -0.05) is 0 Å². The van der Waals surface area contributed by atoms with Gasteiger partial charge in [0.2, 0.25) is 0 Å². The first-order chi connectivity index (χ1) is 4.04. The molecule has 0 aliphatic rings. The van der Waals surface area contributed by atoms with Gasteiger partial charge in [-0.25, -0.2) is 4.79 Å². The van der Waals surface area contributed by atoms with Gasteiger partial charge in [0.1, 0.15) is 0 Å². The number of aliphatic carboxylic acids is 2. The summed E-state index contributed by atoms with van der Waals surface area (Å²) in [5.74, 6) is -2.85. The molecule has 1 unspecified atom stereocenters. The molecule has 0 amide bonds. The van der Waals surface area contributed by atoms with E-state index in [1.165, 1.54) is 0 Å². The van der Waals surface area contributed by atoms with E-state index < -0.39 is 24.5 Å². The van der Waals surface area contributed by atoms with Crippen LogP contribution in [-0.2, 0) is 9.59 Å². The molecule has 60 valence electrons. The largest absolute Gasteiger partial charge is 0.481 e. The summed E-state index contributed by atoms with van der Waals surface area (Å²) < 4.78 is 0. The Morgan fingerprint density at radius 3 is 1.80 bits per heavy atom. The number of rotatable bonds is 3. The summed E-state index contributed by atoms with van der Waals surface area (Å²) in [6.07, 6.45) is -2.54. The van der Waals surface area contributed by atoms with Crippen LogP contribution < -0.4 is 0 Å². The Bertz CT molecular complexity index is 130. The van der Waals surface area contributed by atoms with Crippen molar-refractivity contribution in [2.24, 2.45) is 0 Å². The van der Waals surface area contributed by atoms with E-state index in [0.717, 1.165) is 0 Å². The molecule has 0 fully saturated rings. The molecule has 6 heteroatoms. The van der Waals surface area contributed by atoms with E-state index in [0.29, 0.717) is 0 Å². The van der Waals surface area contributed by atoms with Gasteiger partial charge in [-0.05, 0) is 0 Å². The summed E-state index contributed by atoms with van der Waals surface area (Å²) in [4.78, 5) is 19.4. The van der Waals surface area contributed by atoms with Crippen molar-refractivity contribution in [2.75, 3.05) is 0 Å². The van der Waals surface area contributed by atoms with Gasteiger partial charge in [-0.3, -0.25) is 4.79 Å². The fraction of sp³-hybridized carbons (Fsp3) is 0.500. The van der Waals surface area contributed by atoms with Crippen LogP contribution in [0, 0.1) is 0 Å². The van der Waals surface area contributed by atoms with Gasteiger partial charge in [0, 0.05) is 0 Å². The molecule has 1 atom stereocenters. The van der Waals surface area contributed by atoms with Gasteiger partial charge >= 0.3 is 11.9 Å². The SMILES string of the molecule is O.O=C(O)CC(O)C(=O)O. The summed E-state index contributed by atoms with van der Waals surface area (Å²) >= 11 is 0. The van der Waals surface area contributed by atoms with Gasteiger partial charge in [-0.15, -0.1) is 0 Å². The number of carboxylic acid groups (broad SMARTS) is 2. The molecule has 0 aliphatic heterocycles. The first-order valence-corrected chi connectivity index (χ1v) is 2.16. The predicted molar refractivity (Wildman–Crippen MR) is 29.5 cm³/mol. The minimum Gasteiger partial charge on any atom is -0.481 e. The zero-order valence-electron chi connectivity index (χ0n) is 4.94. The second kappa shape index (κ2) is 4.71. The molecular formula is C4H8O6. The summed E-state index contributed by atoms with van der Waals surface area (Å²) in [6, 6.07) is 0. The van der Waals surface area contributed by atoms with Crippen LogP contribution in [0.3, 0.4) is 0 Å². The Hall–Kier alpha value is -1.14. The molecular weight excluding hydrogens is 144 g/mol. The van der Waals surface area contributed by atoms with Crippen molar-refractivity contribution in [3.05, 3.63) is 0 Å². The first-order valence-electron chi connectivity index (χ1n) is 2.16. The van der Waals surface area contributed by atoms with Crippen LogP contribution in [0.5, 0.6) is 0 Å². The Morgan fingerprint density at radius 1 is 1.30 bits per heavy atom. The van der Waals surface area contributed by atoms with Crippen LogP contribution in [0.1, 0.15) is 6.42 Å². The third-order valence-electron chi connectivity index (χ3n) is 0.653. The topological polar surface area (TPSA) is 126 Å². The molecule has 5 N–H and O–H groups in total. The second-order valence-corrected chi connectivity index (χ2v) is 1.45. The Kier molecular flexibility index (Phi) is 5.48. The maximum Gasteiger partial charge on any atom is 0.333 e. The highest BCUT2D eigenvalue weighted by molar-refractivity contribution is 5.79. The van der Waals surface area contributed by atoms with Crippen LogP contribution in [0.25, 0.3) is 0 Å². The van der Waals surface area contributed by atoms with Crippen molar-refractivity contribution in [3.8, 4) is 0 Å². The summed E-state index contributed by atoms with van der Waals surface area (Å²) in [6.45, 7) is 0. The van der Waals surface area contributed by atoms with E-state index >= 15 is 0 Å². The molecule has 10 heavy (non-hydrogen) atoms. The highest BCUT2D eigenvalue weighted by atomic mass is 16.4. The van der Waals surface area contributed by atoms with Gasteiger partial charge < -0.3 is 20.8 Å². The number of carboxylic acids is 2. The zero-order chi connectivity index (χ0) is 7.44. The van der Waals surface area contributed by atoms with Crippen molar-refractivity contribution in [2.45, 2.75) is 12.5 Å². The number of carbonyl (C=O) groups is 2. The lowest BCUT2D eigenvalue weighted by Gasteiger charge is -1.97. The fourth-order valence-electron chi connectivity index (χ4n) is 0.253. The third-order valence-corrected chi connectivity index (χ3v) is 0.653. The molecule has 0 spiro atoms. The van der Waals surface area contributed by atoms with Crippen LogP contribution >= 0.6 is 0 Å². The minimum atomic E-state index is -1.79. The smallest absolute Gasteiger partial charge is 0.333 e. The molecule has 0 aliphatic carbocycles. The number of aliphatic hydroxyl groups is 1. The maximum atomic E-state index is 9.72. The molecule has 0 rings (SSSR count). The second-order valence-electron chi connectivity index (χ2n) is 1.45. The average Bonchev–Trinajstić information content (AvgIpc) is 1.63. The van der Waals surface area contributed by atoms with Gasteiger partial charge in [0.15, 0.2) is 6.10 Å². The number of hydrogen-bond acceptors (Lipinski definition) is 3. The Balaban J connectivity index is 0. The normalized spacial score (nSPS) is 11.3. The number of aliphatic hydroxyl groups excluding tert-OH is 1. The monoisotopic (exact) mass is 152 g/mol. The van der Waals surface area contributed by atoms with Crippen molar-refractivity contribution in [1.29, 1.82) is 0 Å². The third kappa shape index (κ3) is 5.01. The van der Waals surface area contributed by atoms with Crippen LogP contribution in [0.4, 0.5) is 0 Å². The minimum absolute atomic E-state index is 0. The van der Waals surface area contributed by atoms with Crippen LogP contribution in [0.15, 0.2) is 0 Å². The standard InChI is InChI=1S/C4H6O5.H2O/c5-2(4(8)9)1-3(6)7;/h2,5H,1H2,(H,6,7)(H,8,9);1H2. The molecule has 0 saturated heterocycles. The highest BCUT2D eigenvalue weighted by Gasteiger charge is 2.16. The van der Waals surface area contributed by atoms with Crippen molar-refractivity contribution >= 4 is 11.9 Å². The maximum absolute atomic E-state index is 9.72. The molecule has 0 aromatic carbocycles. The van der Waals surface area contributed by atoms with E-state index in [-0.39, 0.29) is 5.48 Å². The molecule has 0 saturated carbocycles. The molecule has 0 aromatic heterocycles. The van der Waals surface area contributed by atoms with Gasteiger partial charge in [0.05, 0.1) is 6.42 Å². The van der Waals surface area contributed by atoms with E-state index in [4.69, 9.17) is 15.3 Å². The Morgan fingerprint density at radius 2 is 1.70 bits per heavy atom. The quantitative estimate of drug-likeness (QED) is 0.434. The first kappa shape index (κ1) is 11.6. The van der Waals surface area contributed by atoms with Gasteiger partial charge in [-0.2, -0.15) is 0 Å². The van der Waals surface area contributed by atoms with Crippen molar-refractivity contribution in [1.82, 2.24) is 0 Å². The Labute approximate surface area is 56.0 Å². The lowest BCUT2D eigenvalue weighted by Crippen LogP contribution is -2.22. The van der Waals surface area contributed by atoms with Crippen molar-refractivity contribution < 1.29 is 30.4 Å². The number of hydrogen-bond donors (Lipinski definition) is 3. The van der Waals surface area contributed by atoms with Crippen molar-refractivity contribution in [3.63, 3.8) is 0 Å². The summed E-state index contributed by atoms with van der Waals surface area (Å²) in [7, 11) is 0. The zero-order valence-corrected chi connectivity index (χ0v) is 4.94.